The summed E-state index contributed by atoms with van der Waals surface area (Å²) in [4.78, 5) is 4.19. The number of aromatic nitrogens is 1. The summed E-state index contributed by atoms with van der Waals surface area (Å²) < 4.78 is 36.7. The molecule has 0 spiro atoms. The fourth-order valence-corrected chi connectivity index (χ4v) is 3.44. The lowest BCUT2D eigenvalue weighted by Crippen LogP contribution is -2.35. The lowest BCUT2D eigenvalue weighted by molar-refractivity contribution is 0.0539. The zero-order valence-corrected chi connectivity index (χ0v) is 17.4. The predicted molar refractivity (Wildman–Crippen MR) is 110 cm³/mol. The number of sulfonamides is 1. The van der Waals surface area contributed by atoms with Gasteiger partial charge in [-0.15, -0.1) is 0 Å². The van der Waals surface area contributed by atoms with Crippen molar-refractivity contribution in [1.29, 1.82) is 0 Å². The van der Waals surface area contributed by atoms with E-state index in [-0.39, 0.29) is 12.1 Å². The van der Waals surface area contributed by atoms with Crippen LogP contribution in [0.5, 0.6) is 5.88 Å². The molecule has 2 N–H and O–H groups in total. The van der Waals surface area contributed by atoms with Gasteiger partial charge in [-0.25, -0.2) is 18.1 Å². The highest BCUT2D eigenvalue weighted by Gasteiger charge is 2.12. The normalized spacial score (nSPS) is 13.8. The van der Waals surface area contributed by atoms with Crippen molar-refractivity contribution in [3.05, 3.63) is 59.8 Å². The van der Waals surface area contributed by atoms with Gasteiger partial charge in [-0.1, -0.05) is 30.3 Å². The second-order valence-corrected chi connectivity index (χ2v) is 8.33. The van der Waals surface area contributed by atoms with Crippen LogP contribution in [-0.2, 0) is 21.3 Å². The zero-order valence-electron chi connectivity index (χ0n) is 16.6. The summed E-state index contributed by atoms with van der Waals surface area (Å²) in [6.45, 7) is 6.16. The van der Waals surface area contributed by atoms with Crippen molar-refractivity contribution in [2.75, 3.05) is 26.0 Å². The smallest absolute Gasteiger partial charge is 0.213 e. The van der Waals surface area contributed by atoms with Crippen LogP contribution in [0.2, 0.25) is 0 Å². The van der Waals surface area contributed by atoms with Crippen molar-refractivity contribution in [3.8, 4) is 5.88 Å². The van der Waals surface area contributed by atoms with E-state index in [0.29, 0.717) is 32.2 Å². The van der Waals surface area contributed by atoms with Gasteiger partial charge in [-0.3, -0.25) is 0 Å². The van der Waals surface area contributed by atoms with Crippen molar-refractivity contribution in [2.45, 2.75) is 32.5 Å². The van der Waals surface area contributed by atoms with Crippen molar-refractivity contribution >= 4 is 10.0 Å². The Morgan fingerprint density at radius 2 is 1.89 bits per heavy atom. The number of rotatable bonds is 12. The second-order valence-electron chi connectivity index (χ2n) is 6.55. The van der Waals surface area contributed by atoms with E-state index in [1.807, 2.05) is 56.3 Å². The summed E-state index contributed by atoms with van der Waals surface area (Å²) in [6, 6.07) is 13.1. The molecular weight excluding hydrogens is 378 g/mol. The Bertz CT molecular complexity index is 798. The molecular formula is C20H29N3O4S. The molecule has 0 aliphatic rings. The summed E-state index contributed by atoms with van der Waals surface area (Å²) in [5.74, 6) is 0.575. The number of nitrogens with one attached hydrogen (secondary N) is 2. The Kier molecular flexibility index (Phi) is 8.85. The minimum atomic E-state index is -3.23. The van der Waals surface area contributed by atoms with Gasteiger partial charge >= 0.3 is 0 Å². The predicted octanol–water partition coefficient (Wildman–Crippen LogP) is 2.27. The third-order valence-corrected chi connectivity index (χ3v) is 4.79. The standard InChI is InChI=1S/C20H29N3O4S/c1-4-26-15-19(27-20-7-5-6-12-22-20)14-21-13-17-8-10-18(11-9-17)16(2)23-28(3,24)25/h5-12,16,19,21,23H,4,13-15H2,1-3H3/t16-,19?/m1/s1. The molecule has 0 saturated carbocycles. The van der Waals surface area contributed by atoms with Gasteiger partial charge in [0.2, 0.25) is 15.9 Å². The van der Waals surface area contributed by atoms with Crippen molar-refractivity contribution < 1.29 is 17.9 Å². The van der Waals surface area contributed by atoms with Crippen molar-refractivity contribution in [2.24, 2.45) is 0 Å². The molecule has 0 amide bonds. The molecule has 154 valence electrons. The minimum absolute atomic E-state index is 0.145. The Labute approximate surface area is 167 Å². The van der Waals surface area contributed by atoms with Crippen LogP contribution in [0, 0.1) is 0 Å². The van der Waals surface area contributed by atoms with Crippen LogP contribution < -0.4 is 14.8 Å². The van der Waals surface area contributed by atoms with Gasteiger partial charge in [0.1, 0.15) is 6.10 Å². The molecule has 0 radical (unpaired) electrons. The van der Waals surface area contributed by atoms with Gasteiger partial charge in [0.05, 0.1) is 12.9 Å². The van der Waals surface area contributed by atoms with Crippen molar-refractivity contribution in [3.63, 3.8) is 0 Å². The summed E-state index contributed by atoms with van der Waals surface area (Å²) in [6.07, 6.45) is 2.71. The Morgan fingerprint density at radius 1 is 1.14 bits per heavy atom. The first-order valence-corrected chi connectivity index (χ1v) is 11.2. The fraction of sp³-hybridized carbons (Fsp3) is 0.450. The molecule has 1 unspecified atom stereocenters. The molecule has 7 nitrogen and oxygen atoms in total. The van der Waals surface area contributed by atoms with Crippen LogP contribution in [0.25, 0.3) is 0 Å². The largest absolute Gasteiger partial charge is 0.471 e. The van der Waals surface area contributed by atoms with Crippen molar-refractivity contribution in [1.82, 2.24) is 15.0 Å². The second kappa shape index (κ2) is 11.1. The topological polar surface area (TPSA) is 89.6 Å². The van der Waals surface area contributed by atoms with Gasteiger partial charge in [0.15, 0.2) is 0 Å². The van der Waals surface area contributed by atoms with E-state index in [2.05, 4.69) is 15.0 Å². The monoisotopic (exact) mass is 407 g/mol. The average molecular weight is 408 g/mol. The van der Waals surface area contributed by atoms with E-state index >= 15 is 0 Å². The molecule has 28 heavy (non-hydrogen) atoms. The van der Waals surface area contributed by atoms with Gasteiger partial charge in [0.25, 0.3) is 0 Å². The third-order valence-electron chi connectivity index (χ3n) is 4.00. The van der Waals surface area contributed by atoms with Gasteiger partial charge in [-0.05, 0) is 31.0 Å². The van der Waals surface area contributed by atoms with Gasteiger partial charge in [0, 0.05) is 38.0 Å². The van der Waals surface area contributed by atoms with E-state index < -0.39 is 10.0 Å². The molecule has 0 aliphatic carbocycles. The Morgan fingerprint density at radius 3 is 2.50 bits per heavy atom. The van der Waals surface area contributed by atoms with Crippen LogP contribution in [0.4, 0.5) is 0 Å². The number of hydrogen-bond donors (Lipinski definition) is 2. The number of nitrogens with zero attached hydrogens (tertiary/aromatic N) is 1. The van der Waals surface area contributed by atoms with Crippen LogP contribution in [0.3, 0.4) is 0 Å². The van der Waals surface area contributed by atoms with Crippen LogP contribution in [-0.4, -0.2) is 45.5 Å². The summed E-state index contributed by atoms with van der Waals surface area (Å²) in [5, 5.41) is 3.37. The van der Waals surface area contributed by atoms with Crippen LogP contribution in [0.15, 0.2) is 48.7 Å². The number of benzene rings is 1. The maximum atomic E-state index is 11.3. The molecule has 8 heteroatoms. The maximum absolute atomic E-state index is 11.3. The molecule has 1 aromatic heterocycles. The molecule has 2 rings (SSSR count). The van der Waals surface area contributed by atoms with Gasteiger partial charge < -0.3 is 14.8 Å². The SMILES string of the molecule is CCOCC(CNCc1ccc([C@@H](C)NS(C)(=O)=O)cc1)Oc1ccccn1. The van der Waals surface area contributed by atoms with E-state index in [1.165, 1.54) is 0 Å². The first kappa shape index (κ1) is 22.3. The Hall–Kier alpha value is -2.00. The average Bonchev–Trinajstić information content (AvgIpc) is 2.66. The lowest BCUT2D eigenvalue weighted by Gasteiger charge is -2.19. The molecule has 1 aromatic carbocycles. The highest BCUT2D eigenvalue weighted by Crippen LogP contribution is 2.14. The zero-order chi connectivity index (χ0) is 20.4. The lowest BCUT2D eigenvalue weighted by atomic mass is 10.1. The van der Waals surface area contributed by atoms with E-state index in [0.717, 1.165) is 17.4 Å². The first-order valence-electron chi connectivity index (χ1n) is 9.29. The minimum Gasteiger partial charge on any atom is -0.471 e. The van der Waals surface area contributed by atoms with E-state index in [4.69, 9.17) is 9.47 Å². The number of ether oxygens (including phenoxy) is 2. The van der Waals surface area contributed by atoms with E-state index in [1.54, 1.807) is 6.20 Å². The molecule has 2 atom stereocenters. The highest BCUT2D eigenvalue weighted by atomic mass is 32.2. The highest BCUT2D eigenvalue weighted by molar-refractivity contribution is 7.88. The molecule has 0 saturated heterocycles. The maximum Gasteiger partial charge on any atom is 0.213 e. The molecule has 0 aliphatic heterocycles. The molecule has 0 bridgehead atoms. The van der Waals surface area contributed by atoms with Crippen LogP contribution in [0.1, 0.15) is 31.0 Å². The Balaban J connectivity index is 1.85. The molecule has 1 heterocycles. The fourth-order valence-electron chi connectivity index (χ4n) is 2.66. The summed E-state index contributed by atoms with van der Waals surface area (Å²) in [7, 11) is -3.23. The first-order chi connectivity index (χ1) is 13.4. The molecule has 2 aromatic rings. The number of hydrogen-bond acceptors (Lipinski definition) is 6. The van der Waals surface area contributed by atoms with Crippen LogP contribution >= 0.6 is 0 Å². The molecule has 0 fully saturated rings. The third kappa shape index (κ3) is 8.35. The van der Waals surface area contributed by atoms with E-state index in [9.17, 15) is 8.42 Å². The summed E-state index contributed by atoms with van der Waals surface area (Å²) in [5.41, 5.74) is 2.02. The summed E-state index contributed by atoms with van der Waals surface area (Å²) >= 11 is 0. The quantitative estimate of drug-likeness (QED) is 0.561. The number of pyridine rings is 1. The van der Waals surface area contributed by atoms with Gasteiger partial charge in [-0.2, -0.15) is 0 Å².